The molecule has 5 heteroatoms. The van der Waals surface area contributed by atoms with Crippen molar-refractivity contribution in [2.45, 2.75) is 33.3 Å². The minimum absolute atomic E-state index is 0.00588. The van der Waals surface area contributed by atoms with Gasteiger partial charge in [-0.1, -0.05) is 0 Å². The number of aliphatic hydroxyl groups excluding tert-OH is 1. The lowest BCUT2D eigenvalue weighted by molar-refractivity contribution is 0.0761. The van der Waals surface area contributed by atoms with Crippen molar-refractivity contribution in [2.24, 2.45) is 5.92 Å². The summed E-state index contributed by atoms with van der Waals surface area (Å²) in [6.07, 6.45) is 0.501. The van der Waals surface area contributed by atoms with Gasteiger partial charge in [0.15, 0.2) is 0 Å². The average Bonchev–Trinajstić information content (AvgIpc) is 2.81. The van der Waals surface area contributed by atoms with E-state index in [9.17, 15) is 9.90 Å². The highest BCUT2D eigenvalue weighted by Crippen LogP contribution is 2.22. The minimum Gasteiger partial charge on any atom is -0.393 e. The standard InChI is InChI=1S/C13H19N3O2/c1-8-6-12(9(2)15-14-8)13(18)16-5-4-11(7-16)10(3)17/h6,10-11,17H,4-5,7H2,1-3H3. The molecule has 5 nitrogen and oxygen atoms in total. The molecule has 0 radical (unpaired) electrons. The van der Waals surface area contributed by atoms with E-state index in [4.69, 9.17) is 0 Å². The molecule has 1 aliphatic rings. The third-order valence-corrected chi connectivity index (χ3v) is 3.53. The van der Waals surface area contributed by atoms with Crippen molar-refractivity contribution in [1.29, 1.82) is 0 Å². The Balaban J connectivity index is 2.15. The molecule has 0 aliphatic carbocycles. The third-order valence-electron chi connectivity index (χ3n) is 3.53. The van der Waals surface area contributed by atoms with Crippen LogP contribution in [0.5, 0.6) is 0 Å². The molecule has 1 aromatic heterocycles. The zero-order valence-electron chi connectivity index (χ0n) is 11.1. The maximum Gasteiger partial charge on any atom is 0.255 e. The highest BCUT2D eigenvalue weighted by atomic mass is 16.3. The van der Waals surface area contributed by atoms with Gasteiger partial charge in [-0.2, -0.15) is 10.2 Å². The van der Waals surface area contributed by atoms with Crippen molar-refractivity contribution < 1.29 is 9.90 Å². The van der Waals surface area contributed by atoms with Crippen LogP contribution in [-0.4, -0.2) is 45.3 Å². The number of nitrogens with zero attached hydrogens (tertiary/aromatic N) is 3. The first-order valence-corrected chi connectivity index (χ1v) is 6.27. The number of carbonyl (C=O) groups excluding carboxylic acids is 1. The van der Waals surface area contributed by atoms with Crippen LogP contribution >= 0.6 is 0 Å². The van der Waals surface area contributed by atoms with Gasteiger partial charge in [-0.05, 0) is 33.3 Å². The molecule has 1 amide bonds. The van der Waals surface area contributed by atoms with E-state index in [1.54, 1.807) is 24.8 Å². The van der Waals surface area contributed by atoms with Crippen molar-refractivity contribution >= 4 is 5.91 Å². The Morgan fingerprint density at radius 2 is 2.22 bits per heavy atom. The zero-order valence-corrected chi connectivity index (χ0v) is 11.1. The highest BCUT2D eigenvalue weighted by molar-refractivity contribution is 5.95. The smallest absolute Gasteiger partial charge is 0.255 e. The van der Waals surface area contributed by atoms with Crippen molar-refractivity contribution in [2.75, 3.05) is 13.1 Å². The summed E-state index contributed by atoms with van der Waals surface area (Å²) in [5, 5.41) is 17.5. The summed E-state index contributed by atoms with van der Waals surface area (Å²) in [4.78, 5) is 14.2. The average molecular weight is 249 g/mol. The van der Waals surface area contributed by atoms with Crippen molar-refractivity contribution in [1.82, 2.24) is 15.1 Å². The number of hydrogen-bond acceptors (Lipinski definition) is 4. The van der Waals surface area contributed by atoms with Gasteiger partial charge in [-0.15, -0.1) is 0 Å². The fraction of sp³-hybridized carbons (Fsp3) is 0.615. The summed E-state index contributed by atoms with van der Waals surface area (Å²) in [7, 11) is 0. The summed E-state index contributed by atoms with van der Waals surface area (Å²) < 4.78 is 0. The van der Waals surface area contributed by atoms with Crippen LogP contribution in [0.3, 0.4) is 0 Å². The normalized spacial score (nSPS) is 21.1. The summed E-state index contributed by atoms with van der Waals surface area (Å²) >= 11 is 0. The summed E-state index contributed by atoms with van der Waals surface area (Å²) in [6, 6.07) is 1.78. The number of aliphatic hydroxyl groups is 1. The summed E-state index contributed by atoms with van der Waals surface area (Å²) in [5.41, 5.74) is 2.02. The van der Waals surface area contributed by atoms with Crippen molar-refractivity contribution in [3.8, 4) is 0 Å². The fourth-order valence-electron chi connectivity index (χ4n) is 2.30. The van der Waals surface area contributed by atoms with Gasteiger partial charge in [0.05, 0.1) is 23.1 Å². The number of carbonyl (C=O) groups is 1. The van der Waals surface area contributed by atoms with Gasteiger partial charge in [0.2, 0.25) is 0 Å². The first-order chi connectivity index (χ1) is 8.49. The van der Waals surface area contributed by atoms with Gasteiger partial charge < -0.3 is 10.0 Å². The number of aryl methyl sites for hydroxylation is 2. The first-order valence-electron chi connectivity index (χ1n) is 6.27. The molecule has 1 aliphatic heterocycles. The van der Waals surface area contributed by atoms with E-state index < -0.39 is 0 Å². The predicted octanol–water partition coefficient (Wildman–Crippen LogP) is 0.936. The Bertz CT molecular complexity index is 460. The molecule has 0 aromatic carbocycles. The van der Waals surface area contributed by atoms with Gasteiger partial charge in [0.25, 0.3) is 5.91 Å². The lowest BCUT2D eigenvalue weighted by Gasteiger charge is -2.18. The van der Waals surface area contributed by atoms with Crippen molar-refractivity contribution in [3.63, 3.8) is 0 Å². The van der Waals surface area contributed by atoms with Gasteiger partial charge in [-0.3, -0.25) is 4.79 Å². The van der Waals surface area contributed by atoms with Crippen LogP contribution in [0.1, 0.15) is 35.1 Å². The Hall–Kier alpha value is -1.49. The zero-order chi connectivity index (χ0) is 13.3. The van der Waals surface area contributed by atoms with Gasteiger partial charge in [-0.25, -0.2) is 0 Å². The lowest BCUT2D eigenvalue weighted by atomic mass is 10.0. The van der Waals surface area contributed by atoms with E-state index in [-0.39, 0.29) is 17.9 Å². The van der Waals surface area contributed by atoms with E-state index in [0.717, 1.165) is 12.1 Å². The number of rotatable bonds is 2. The molecule has 0 bridgehead atoms. The molecule has 0 spiro atoms. The molecule has 1 saturated heterocycles. The lowest BCUT2D eigenvalue weighted by Crippen LogP contribution is -2.31. The Morgan fingerprint density at radius 3 is 2.83 bits per heavy atom. The molecule has 18 heavy (non-hydrogen) atoms. The Morgan fingerprint density at radius 1 is 1.50 bits per heavy atom. The monoisotopic (exact) mass is 249 g/mol. The minimum atomic E-state index is -0.360. The molecule has 1 aromatic rings. The molecule has 2 unspecified atom stereocenters. The number of aromatic nitrogens is 2. The Kier molecular flexibility index (Phi) is 3.61. The SMILES string of the molecule is Cc1cc(C(=O)N2CCC(C(C)O)C2)c(C)nn1. The first kappa shape index (κ1) is 13.0. The molecule has 1 fully saturated rings. The number of amides is 1. The molecular formula is C13H19N3O2. The van der Waals surface area contributed by atoms with Gasteiger partial charge in [0.1, 0.15) is 0 Å². The predicted molar refractivity (Wildman–Crippen MR) is 67.2 cm³/mol. The largest absolute Gasteiger partial charge is 0.393 e. The summed E-state index contributed by atoms with van der Waals surface area (Å²) in [6.45, 7) is 6.72. The maximum atomic E-state index is 12.4. The second-order valence-corrected chi connectivity index (χ2v) is 5.03. The van der Waals surface area contributed by atoms with E-state index in [1.165, 1.54) is 0 Å². The van der Waals surface area contributed by atoms with Gasteiger partial charge in [0, 0.05) is 19.0 Å². The van der Waals surface area contributed by atoms with Crippen LogP contribution in [0.4, 0.5) is 0 Å². The summed E-state index contributed by atoms with van der Waals surface area (Å²) in [5.74, 6) is 0.179. The quantitative estimate of drug-likeness (QED) is 0.847. The van der Waals surface area contributed by atoms with Crippen LogP contribution in [0, 0.1) is 19.8 Å². The number of hydrogen-bond donors (Lipinski definition) is 1. The van der Waals surface area contributed by atoms with Crippen LogP contribution in [-0.2, 0) is 0 Å². The highest BCUT2D eigenvalue weighted by Gasteiger charge is 2.30. The van der Waals surface area contributed by atoms with E-state index in [1.807, 2.05) is 6.92 Å². The molecule has 98 valence electrons. The molecule has 2 heterocycles. The van der Waals surface area contributed by atoms with Crippen LogP contribution in [0.25, 0.3) is 0 Å². The fourth-order valence-corrected chi connectivity index (χ4v) is 2.30. The molecule has 2 rings (SSSR count). The number of likely N-dealkylation sites (tertiary alicyclic amines) is 1. The molecule has 0 saturated carbocycles. The Labute approximate surface area is 107 Å². The van der Waals surface area contributed by atoms with E-state index in [0.29, 0.717) is 24.3 Å². The second-order valence-electron chi connectivity index (χ2n) is 5.03. The van der Waals surface area contributed by atoms with Gasteiger partial charge >= 0.3 is 0 Å². The van der Waals surface area contributed by atoms with Crippen LogP contribution in [0.2, 0.25) is 0 Å². The molecule has 1 N–H and O–H groups in total. The second kappa shape index (κ2) is 5.02. The third kappa shape index (κ3) is 2.51. The van der Waals surface area contributed by atoms with Crippen LogP contribution < -0.4 is 0 Å². The van der Waals surface area contributed by atoms with E-state index >= 15 is 0 Å². The maximum absolute atomic E-state index is 12.4. The van der Waals surface area contributed by atoms with Crippen LogP contribution in [0.15, 0.2) is 6.07 Å². The van der Waals surface area contributed by atoms with E-state index in [2.05, 4.69) is 10.2 Å². The topological polar surface area (TPSA) is 66.3 Å². The van der Waals surface area contributed by atoms with Crippen molar-refractivity contribution in [3.05, 3.63) is 23.0 Å². The molecule has 2 atom stereocenters. The molecular weight excluding hydrogens is 230 g/mol.